The van der Waals surface area contributed by atoms with Gasteiger partial charge in [0.15, 0.2) is 5.96 Å². The molecule has 3 rings (SSSR count). The van der Waals surface area contributed by atoms with E-state index in [9.17, 15) is 8.42 Å². The average Bonchev–Trinajstić information content (AvgIpc) is 3.35. The molecule has 3 heterocycles. The van der Waals surface area contributed by atoms with Crippen LogP contribution in [-0.2, 0) is 10.0 Å². The summed E-state index contributed by atoms with van der Waals surface area (Å²) in [6.07, 6.45) is 3.80. The van der Waals surface area contributed by atoms with E-state index >= 15 is 0 Å². The molecule has 26 heavy (non-hydrogen) atoms. The Bertz CT molecular complexity index is 675. The predicted molar refractivity (Wildman–Crippen MR) is 117 cm³/mol. The minimum atomic E-state index is -3.39. The molecule has 2 fully saturated rings. The first kappa shape index (κ1) is 21.9. The molecule has 2 saturated heterocycles. The molecule has 0 saturated carbocycles. The molecule has 0 bridgehead atoms. The number of guanidine groups is 1. The Balaban J connectivity index is 0.00000243. The number of nitrogens with one attached hydrogen (secondary N) is 2. The van der Waals surface area contributed by atoms with Gasteiger partial charge in [0.05, 0.1) is 0 Å². The number of hydrogen-bond acceptors (Lipinski definition) is 5. The summed E-state index contributed by atoms with van der Waals surface area (Å²) < 4.78 is 27.1. The monoisotopic (exact) mass is 513 g/mol. The molecule has 0 spiro atoms. The van der Waals surface area contributed by atoms with Crippen molar-refractivity contribution in [2.24, 2.45) is 4.99 Å². The lowest BCUT2D eigenvalue weighted by atomic mass is 10.2. The van der Waals surface area contributed by atoms with Crippen molar-refractivity contribution in [3.63, 3.8) is 0 Å². The number of likely N-dealkylation sites (tertiary alicyclic amines) is 2. The summed E-state index contributed by atoms with van der Waals surface area (Å²) in [4.78, 5) is 9.21. The van der Waals surface area contributed by atoms with Gasteiger partial charge in [-0.15, -0.1) is 35.3 Å². The fraction of sp³-hybridized carbons (Fsp3) is 0.688. The molecule has 0 aliphatic carbocycles. The molecule has 1 atom stereocenters. The van der Waals surface area contributed by atoms with E-state index in [1.54, 1.807) is 24.6 Å². The molecule has 2 aliphatic heterocycles. The second-order valence-corrected chi connectivity index (χ2v) is 9.38. The summed E-state index contributed by atoms with van der Waals surface area (Å²) in [6, 6.07) is 3.98. The van der Waals surface area contributed by atoms with Crippen molar-refractivity contribution in [3.05, 3.63) is 17.5 Å². The summed E-state index contributed by atoms with van der Waals surface area (Å²) in [5, 5.41) is 5.04. The normalized spacial score (nSPS) is 21.8. The van der Waals surface area contributed by atoms with E-state index in [2.05, 4.69) is 24.8 Å². The summed E-state index contributed by atoms with van der Waals surface area (Å²) >= 11 is 1.22. The highest BCUT2D eigenvalue weighted by Crippen LogP contribution is 2.20. The van der Waals surface area contributed by atoms with Gasteiger partial charge >= 0.3 is 0 Å². The van der Waals surface area contributed by atoms with Gasteiger partial charge in [-0.25, -0.2) is 13.1 Å². The zero-order chi connectivity index (χ0) is 17.7. The van der Waals surface area contributed by atoms with Crippen molar-refractivity contribution in [1.29, 1.82) is 0 Å². The maximum absolute atomic E-state index is 12.1. The molecule has 0 aromatic carbocycles. The SMILES string of the molecule is CN=C(NCCNS(=O)(=O)c1cccs1)N1CCC(N2CCCC2)C1.I. The Kier molecular flexibility index (Phi) is 8.58. The van der Waals surface area contributed by atoms with E-state index < -0.39 is 10.0 Å². The molecular weight excluding hydrogens is 485 g/mol. The van der Waals surface area contributed by atoms with Crippen LogP contribution in [-0.4, -0.2) is 76.5 Å². The van der Waals surface area contributed by atoms with Crippen LogP contribution in [0.2, 0.25) is 0 Å². The fourth-order valence-electron chi connectivity index (χ4n) is 3.52. The van der Waals surface area contributed by atoms with Gasteiger partial charge < -0.3 is 10.2 Å². The standard InChI is InChI=1S/C16H27N5O2S2.HI/c1-17-16(21-11-6-14(13-21)20-9-2-3-10-20)18-7-8-19-25(22,23)15-5-4-12-24-15;/h4-5,12,14,19H,2-3,6-11,13H2,1H3,(H,17,18);1H. The lowest BCUT2D eigenvalue weighted by molar-refractivity contribution is 0.249. The van der Waals surface area contributed by atoms with Gasteiger partial charge in [-0.2, -0.15) is 0 Å². The van der Waals surface area contributed by atoms with Gasteiger partial charge in [0, 0.05) is 39.3 Å². The number of nitrogens with zero attached hydrogens (tertiary/aromatic N) is 3. The van der Waals surface area contributed by atoms with Crippen LogP contribution < -0.4 is 10.0 Å². The molecule has 0 amide bonds. The van der Waals surface area contributed by atoms with Crippen LogP contribution in [0.1, 0.15) is 19.3 Å². The highest BCUT2D eigenvalue weighted by atomic mass is 127. The average molecular weight is 513 g/mol. The molecule has 7 nitrogen and oxygen atoms in total. The van der Waals surface area contributed by atoms with Crippen LogP contribution in [0, 0.1) is 0 Å². The third-order valence-corrected chi connectivity index (χ3v) is 7.65. The highest BCUT2D eigenvalue weighted by molar-refractivity contribution is 14.0. The fourth-order valence-corrected chi connectivity index (χ4v) is 5.59. The number of thiophene rings is 1. The molecule has 148 valence electrons. The quantitative estimate of drug-likeness (QED) is 0.260. The smallest absolute Gasteiger partial charge is 0.250 e. The topological polar surface area (TPSA) is 77.0 Å². The van der Waals surface area contributed by atoms with E-state index in [4.69, 9.17) is 0 Å². The van der Waals surface area contributed by atoms with E-state index in [0.717, 1.165) is 19.0 Å². The van der Waals surface area contributed by atoms with E-state index in [1.807, 2.05) is 0 Å². The minimum absolute atomic E-state index is 0. The van der Waals surface area contributed by atoms with Crippen LogP contribution in [0.3, 0.4) is 0 Å². The Hall–Kier alpha value is -0.430. The number of rotatable bonds is 6. The van der Waals surface area contributed by atoms with Crippen LogP contribution in [0.4, 0.5) is 0 Å². The Labute approximate surface area is 177 Å². The molecule has 2 N–H and O–H groups in total. The van der Waals surface area contributed by atoms with Crippen LogP contribution in [0.25, 0.3) is 0 Å². The lowest BCUT2D eigenvalue weighted by Gasteiger charge is -2.25. The van der Waals surface area contributed by atoms with Crippen LogP contribution >= 0.6 is 35.3 Å². The van der Waals surface area contributed by atoms with Crippen LogP contribution in [0.15, 0.2) is 26.7 Å². The molecule has 2 aliphatic rings. The molecule has 10 heteroatoms. The molecule has 0 radical (unpaired) electrons. The van der Waals surface area contributed by atoms with Crippen LogP contribution in [0.5, 0.6) is 0 Å². The van der Waals surface area contributed by atoms with Gasteiger partial charge in [0.25, 0.3) is 0 Å². The van der Waals surface area contributed by atoms with Gasteiger partial charge in [0.2, 0.25) is 10.0 Å². The maximum atomic E-state index is 12.1. The van der Waals surface area contributed by atoms with Crippen molar-refractivity contribution in [1.82, 2.24) is 19.8 Å². The predicted octanol–water partition coefficient (Wildman–Crippen LogP) is 1.39. The summed E-state index contributed by atoms with van der Waals surface area (Å²) in [5.41, 5.74) is 0. The van der Waals surface area contributed by atoms with Gasteiger partial charge in [0.1, 0.15) is 4.21 Å². The number of sulfonamides is 1. The highest BCUT2D eigenvalue weighted by Gasteiger charge is 2.30. The van der Waals surface area contributed by atoms with Gasteiger partial charge in [-0.05, 0) is 43.8 Å². The number of aliphatic imine (C=N–C) groups is 1. The summed E-state index contributed by atoms with van der Waals surface area (Å²) in [7, 11) is -1.61. The van der Waals surface area contributed by atoms with Crippen molar-refractivity contribution >= 4 is 51.3 Å². The zero-order valence-electron chi connectivity index (χ0n) is 15.1. The van der Waals surface area contributed by atoms with E-state index in [0.29, 0.717) is 23.3 Å². The van der Waals surface area contributed by atoms with Crippen molar-refractivity contribution in [3.8, 4) is 0 Å². The van der Waals surface area contributed by atoms with Crippen molar-refractivity contribution < 1.29 is 8.42 Å². The Morgan fingerprint density at radius 3 is 2.73 bits per heavy atom. The minimum Gasteiger partial charge on any atom is -0.355 e. The first-order valence-electron chi connectivity index (χ1n) is 8.83. The first-order chi connectivity index (χ1) is 12.1. The lowest BCUT2D eigenvalue weighted by Crippen LogP contribution is -2.44. The molecular formula is C16H28IN5O2S2. The molecule has 1 aromatic rings. The Morgan fingerprint density at radius 2 is 2.08 bits per heavy atom. The third kappa shape index (κ3) is 5.54. The maximum Gasteiger partial charge on any atom is 0.250 e. The second kappa shape index (κ2) is 10.2. The van der Waals surface area contributed by atoms with E-state index in [1.165, 1.54) is 43.7 Å². The Morgan fingerprint density at radius 1 is 1.31 bits per heavy atom. The first-order valence-corrected chi connectivity index (χ1v) is 11.2. The van der Waals surface area contributed by atoms with Crippen molar-refractivity contribution in [2.45, 2.75) is 29.5 Å². The summed E-state index contributed by atoms with van der Waals surface area (Å²) in [5.74, 6) is 0.858. The largest absolute Gasteiger partial charge is 0.355 e. The van der Waals surface area contributed by atoms with Gasteiger partial charge in [-0.1, -0.05) is 6.07 Å². The second-order valence-electron chi connectivity index (χ2n) is 6.44. The zero-order valence-corrected chi connectivity index (χ0v) is 19.0. The van der Waals surface area contributed by atoms with Gasteiger partial charge in [-0.3, -0.25) is 9.89 Å². The molecule has 1 aromatic heterocycles. The number of halogens is 1. The summed E-state index contributed by atoms with van der Waals surface area (Å²) in [6.45, 7) is 5.29. The number of hydrogen-bond donors (Lipinski definition) is 2. The van der Waals surface area contributed by atoms with Crippen molar-refractivity contribution in [2.75, 3.05) is 46.3 Å². The molecule has 1 unspecified atom stereocenters. The third-order valence-electron chi connectivity index (χ3n) is 4.79. The van der Waals surface area contributed by atoms with E-state index in [-0.39, 0.29) is 24.0 Å².